The summed E-state index contributed by atoms with van der Waals surface area (Å²) in [6, 6.07) is 11.1. The van der Waals surface area contributed by atoms with Crippen LogP contribution in [-0.4, -0.2) is 11.5 Å². The lowest BCUT2D eigenvalue weighted by atomic mass is 9.93. The molecule has 1 aliphatic carbocycles. The van der Waals surface area contributed by atoms with E-state index in [0.717, 1.165) is 6.54 Å². The van der Waals surface area contributed by atoms with E-state index in [2.05, 4.69) is 49.5 Å². The van der Waals surface area contributed by atoms with Gasteiger partial charge in [-0.2, -0.15) is 0 Å². The van der Waals surface area contributed by atoms with Crippen LogP contribution in [0.1, 0.15) is 53.4 Å². The molecule has 0 saturated carbocycles. The van der Waals surface area contributed by atoms with Crippen LogP contribution in [0, 0.1) is 0 Å². The SMILES string of the molecule is CCNC(c1nc2c(s1)CCC2)C(C)c1ccccc1. The molecule has 1 heterocycles. The van der Waals surface area contributed by atoms with Gasteiger partial charge in [0.1, 0.15) is 5.01 Å². The Bertz CT molecular complexity index is 540. The number of nitrogens with zero attached hydrogens (tertiary/aromatic N) is 1. The first kappa shape index (κ1) is 13.8. The molecule has 0 amide bonds. The van der Waals surface area contributed by atoms with Gasteiger partial charge in [0.05, 0.1) is 11.7 Å². The number of likely N-dealkylation sites (N-methyl/N-ethyl adjacent to an activating group) is 1. The normalized spacial score (nSPS) is 16.9. The molecule has 0 bridgehead atoms. The number of aryl methyl sites for hydroxylation is 2. The molecule has 2 atom stereocenters. The molecule has 1 aliphatic rings. The fourth-order valence-corrected chi connectivity index (χ4v) is 4.32. The van der Waals surface area contributed by atoms with Crippen LogP contribution in [0.4, 0.5) is 0 Å². The molecule has 20 heavy (non-hydrogen) atoms. The summed E-state index contributed by atoms with van der Waals surface area (Å²) >= 11 is 1.92. The predicted octanol–water partition coefficient (Wildman–Crippen LogP) is 4.09. The molecular weight excluding hydrogens is 264 g/mol. The van der Waals surface area contributed by atoms with E-state index in [1.807, 2.05) is 11.3 Å². The van der Waals surface area contributed by atoms with Crippen molar-refractivity contribution >= 4 is 11.3 Å². The Hall–Kier alpha value is -1.19. The topological polar surface area (TPSA) is 24.9 Å². The van der Waals surface area contributed by atoms with Crippen LogP contribution in [0.2, 0.25) is 0 Å². The first-order chi connectivity index (χ1) is 9.79. The van der Waals surface area contributed by atoms with Crippen molar-refractivity contribution in [2.75, 3.05) is 6.54 Å². The summed E-state index contributed by atoms with van der Waals surface area (Å²) < 4.78 is 0. The van der Waals surface area contributed by atoms with E-state index < -0.39 is 0 Å². The first-order valence-electron chi connectivity index (χ1n) is 7.56. The van der Waals surface area contributed by atoms with Crippen LogP contribution in [-0.2, 0) is 12.8 Å². The monoisotopic (exact) mass is 286 g/mol. The number of fused-ring (bicyclic) bond motifs is 1. The van der Waals surface area contributed by atoms with Gasteiger partial charge in [0.15, 0.2) is 0 Å². The smallest absolute Gasteiger partial charge is 0.111 e. The summed E-state index contributed by atoms with van der Waals surface area (Å²) in [6.45, 7) is 5.45. The van der Waals surface area contributed by atoms with E-state index in [4.69, 9.17) is 4.98 Å². The Labute approximate surface area is 125 Å². The van der Waals surface area contributed by atoms with Gasteiger partial charge < -0.3 is 5.32 Å². The molecule has 3 heteroatoms. The molecule has 1 aromatic carbocycles. The molecule has 2 aromatic rings. The number of benzene rings is 1. The van der Waals surface area contributed by atoms with Crippen molar-refractivity contribution in [3.05, 3.63) is 51.5 Å². The van der Waals surface area contributed by atoms with Crippen LogP contribution >= 0.6 is 11.3 Å². The van der Waals surface area contributed by atoms with Gasteiger partial charge in [-0.15, -0.1) is 11.3 Å². The van der Waals surface area contributed by atoms with Gasteiger partial charge in [0, 0.05) is 10.8 Å². The summed E-state index contributed by atoms with van der Waals surface area (Å²) in [5, 5.41) is 4.91. The third-order valence-corrected chi connectivity index (χ3v) is 5.37. The minimum Gasteiger partial charge on any atom is -0.308 e. The highest BCUT2D eigenvalue weighted by Gasteiger charge is 2.26. The molecule has 2 unspecified atom stereocenters. The Morgan fingerprint density at radius 1 is 1.25 bits per heavy atom. The highest BCUT2D eigenvalue weighted by molar-refractivity contribution is 7.11. The maximum absolute atomic E-state index is 4.91. The standard InChI is InChI=1S/C17H22N2S/c1-3-18-16(12(2)13-8-5-4-6-9-13)17-19-14-10-7-11-15(14)20-17/h4-6,8-9,12,16,18H,3,7,10-11H2,1-2H3. The van der Waals surface area contributed by atoms with E-state index >= 15 is 0 Å². The van der Waals surface area contributed by atoms with Crippen LogP contribution < -0.4 is 5.32 Å². The zero-order valence-electron chi connectivity index (χ0n) is 12.2. The van der Waals surface area contributed by atoms with Crippen molar-refractivity contribution in [1.82, 2.24) is 10.3 Å². The minimum atomic E-state index is 0.331. The number of nitrogens with one attached hydrogen (secondary N) is 1. The van der Waals surface area contributed by atoms with Crippen LogP contribution in [0.5, 0.6) is 0 Å². The number of hydrogen-bond donors (Lipinski definition) is 1. The second kappa shape index (κ2) is 6.06. The van der Waals surface area contributed by atoms with Gasteiger partial charge in [-0.05, 0) is 31.4 Å². The van der Waals surface area contributed by atoms with E-state index in [-0.39, 0.29) is 0 Å². The molecule has 2 nitrogen and oxygen atoms in total. The Morgan fingerprint density at radius 3 is 2.75 bits per heavy atom. The van der Waals surface area contributed by atoms with Gasteiger partial charge >= 0.3 is 0 Å². The maximum atomic E-state index is 4.91. The quantitative estimate of drug-likeness (QED) is 0.895. The first-order valence-corrected chi connectivity index (χ1v) is 8.38. The molecule has 1 aromatic heterocycles. The van der Waals surface area contributed by atoms with Crippen molar-refractivity contribution in [3.63, 3.8) is 0 Å². The molecular formula is C17H22N2S. The zero-order valence-corrected chi connectivity index (χ0v) is 13.0. The van der Waals surface area contributed by atoms with Crippen molar-refractivity contribution in [2.24, 2.45) is 0 Å². The Balaban J connectivity index is 1.88. The van der Waals surface area contributed by atoms with Crippen LogP contribution in [0.3, 0.4) is 0 Å². The Morgan fingerprint density at radius 2 is 2.05 bits per heavy atom. The Kier molecular flexibility index (Phi) is 4.18. The maximum Gasteiger partial charge on any atom is 0.111 e. The van der Waals surface area contributed by atoms with Gasteiger partial charge in [-0.25, -0.2) is 4.98 Å². The largest absolute Gasteiger partial charge is 0.308 e. The average molecular weight is 286 g/mol. The molecule has 0 spiro atoms. The van der Waals surface area contributed by atoms with Gasteiger partial charge in [-0.3, -0.25) is 0 Å². The zero-order chi connectivity index (χ0) is 13.9. The van der Waals surface area contributed by atoms with Gasteiger partial charge in [0.2, 0.25) is 0 Å². The van der Waals surface area contributed by atoms with Crippen molar-refractivity contribution in [3.8, 4) is 0 Å². The lowest BCUT2D eigenvalue weighted by Crippen LogP contribution is -2.25. The summed E-state index contributed by atoms with van der Waals surface area (Å²) in [5.74, 6) is 0.447. The second-order valence-corrected chi connectivity index (χ2v) is 6.63. The molecule has 0 aliphatic heterocycles. The summed E-state index contributed by atoms with van der Waals surface area (Å²) in [6.07, 6.45) is 3.69. The molecule has 0 fully saturated rings. The fourth-order valence-electron chi connectivity index (χ4n) is 2.99. The third kappa shape index (κ3) is 2.65. The predicted molar refractivity (Wildman–Crippen MR) is 85.4 cm³/mol. The van der Waals surface area contributed by atoms with E-state index in [1.165, 1.54) is 40.4 Å². The van der Waals surface area contributed by atoms with Crippen molar-refractivity contribution < 1.29 is 0 Å². The molecule has 1 N–H and O–H groups in total. The lowest BCUT2D eigenvalue weighted by Gasteiger charge is -2.23. The van der Waals surface area contributed by atoms with Crippen molar-refractivity contribution in [2.45, 2.75) is 45.1 Å². The molecule has 106 valence electrons. The van der Waals surface area contributed by atoms with Gasteiger partial charge in [0.25, 0.3) is 0 Å². The second-order valence-electron chi connectivity index (χ2n) is 5.51. The van der Waals surface area contributed by atoms with E-state index in [9.17, 15) is 0 Å². The average Bonchev–Trinajstić information content (AvgIpc) is 3.06. The summed E-state index contributed by atoms with van der Waals surface area (Å²) in [7, 11) is 0. The summed E-state index contributed by atoms with van der Waals surface area (Å²) in [5.41, 5.74) is 2.74. The number of rotatable bonds is 5. The highest BCUT2D eigenvalue weighted by Crippen LogP contribution is 2.36. The van der Waals surface area contributed by atoms with Gasteiger partial charge in [-0.1, -0.05) is 44.2 Å². The molecule has 0 saturated heterocycles. The van der Waals surface area contributed by atoms with Crippen molar-refractivity contribution in [1.29, 1.82) is 0 Å². The number of hydrogen-bond acceptors (Lipinski definition) is 3. The number of aromatic nitrogens is 1. The third-order valence-electron chi connectivity index (χ3n) is 4.13. The van der Waals surface area contributed by atoms with E-state index in [0.29, 0.717) is 12.0 Å². The van der Waals surface area contributed by atoms with E-state index in [1.54, 1.807) is 0 Å². The minimum absolute atomic E-state index is 0.331. The number of thiazole rings is 1. The fraction of sp³-hybridized carbons (Fsp3) is 0.471. The van der Waals surface area contributed by atoms with Crippen LogP contribution in [0.25, 0.3) is 0 Å². The lowest BCUT2D eigenvalue weighted by molar-refractivity contribution is 0.476. The molecule has 0 radical (unpaired) electrons. The summed E-state index contributed by atoms with van der Waals surface area (Å²) in [4.78, 5) is 6.43. The molecule has 3 rings (SSSR count). The van der Waals surface area contributed by atoms with Crippen LogP contribution in [0.15, 0.2) is 30.3 Å². The highest BCUT2D eigenvalue weighted by atomic mass is 32.1.